The monoisotopic (exact) mass is 386 g/mol. The number of carbonyl (C=O) groups excluding carboxylic acids is 3. The van der Waals surface area contributed by atoms with Crippen molar-refractivity contribution in [3.05, 3.63) is 54.1 Å². The number of esters is 1. The van der Waals surface area contributed by atoms with Crippen LogP contribution in [-0.2, 0) is 14.3 Å². The summed E-state index contributed by atoms with van der Waals surface area (Å²) in [7, 11) is 0. The van der Waals surface area contributed by atoms with Gasteiger partial charge in [0.1, 0.15) is 11.5 Å². The molecular weight excluding hydrogens is 364 g/mol. The number of anilines is 1. The lowest BCUT2D eigenvalue weighted by Crippen LogP contribution is -2.31. The molecule has 0 aromatic heterocycles. The van der Waals surface area contributed by atoms with Crippen LogP contribution in [0.4, 0.5) is 5.69 Å². The van der Waals surface area contributed by atoms with Gasteiger partial charge in [0.15, 0.2) is 12.7 Å². The molecular formula is C20H22N2O6. The van der Waals surface area contributed by atoms with E-state index in [4.69, 9.17) is 19.9 Å². The molecule has 0 saturated heterocycles. The molecule has 0 unspecified atom stereocenters. The van der Waals surface area contributed by atoms with Crippen LogP contribution in [0.2, 0.25) is 0 Å². The number of ether oxygens (including phenoxy) is 3. The van der Waals surface area contributed by atoms with Gasteiger partial charge >= 0.3 is 5.97 Å². The Bertz CT molecular complexity index is 818. The fraction of sp³-hybridized carbons (Fsp3) is 0.250. The highest BCUT2D eigenvalue weighted by atomic mass is 16.6. The SMILES string of the molecule is CCOc1ccc(OCC(=O)O[C@@H](C)C(=O)Nc2ccc(C(N)=O)cc2)cc1. The van der Waals surface area contributed by atoms with E-state index in [2.05, 4.69) is 5.32 Å². The molecule has 2 amide bonds. The van der Waals surface area contributed by atoms with Crippen LogP contribution in [0.15, 0.2) is 48.5 Å². The predicted octanol–water partition coefficient (Wildman–Crippen LogP) is 2.13. The van der Waals surface area contributed by atoms with Crippen molar-refractivity contribution in [2.24, 2.45) is 5.73 Å². The van der Waals surface area contributed by atoms with Gasteiger partial charge in [0, 0.05) is 11.3 Å². The lowest BCUT2D eigenvalue weighted by Gasteiger charge is -2.14. The lowest BCUT2D eigenvalue weighted by molar-refractivity contribution is -0.155. The average Bonchev–Trinajstić information content (AvgIpc) is 2.68. The molecule has 0 spiro atoms. The Morgan fingerprint density at radius 2 is 1.54 bits per heavy atom. The largest absolute Gasteiger partial charge is 0.494 e. The van der Waals surface area contributed by atoms with E-state index in [1.807, 2.05) is 6.92 Å². The summed E-state index contributed by atoms with van der Waals surface area (Å²) in [6.45, 7) is 3.55. The zero-order valence-corrected chi connectivity index (χ0v) is 15.6. The zero-order valence-electron chi connectivity index (χ0n) is 15.6. The van der Waals surface area contributed by atoms with Gasteiger partial charge in [-0.05, 0) is 62.4 Å². The number of hydrogen-bond acceptors (Lipinski definition) is 6. The van der Waals surface area contributed by atoms with E-state index in [1.165, 1.54) is 31.2 Å². The minimum Gasteiger partial charge on any atom is -0.494 e. The number of primary amides is 1. The molecule has 0 saturated carbocycles. The Hall–Kier alpha value is -3.55. The van der Waals surface area contributed by atoms with Gasteiger partial charge in [-0.3, -0.25) is 9.59 Å². The average molecular weight is 386 g/mol. The van der Waals surface area contributed by atoms with Crippen molar-refractivity contribution in [2.45, 2.75) is 20.0 Å². The van der Waals surface area contributed by atoms with Gasteiger partial charge < -0.3 is 25.3 Å². The van der Waals surface area contributed by atoms with Gasteiger partial charge in [-0.2, -0.15) is 0 Å². The Balaban J connectivity index is 1.79. The molecule has 0 aliphatic heterocycles. The third-order valence-corrected chi connectivity index (χ3v) is 3.61. The number of hydrogen-bond donors (Lipinski definition) is 2. The van der Waals surface area contributed by atoms with Crippen molar-refractivity contribution in [3.8, 4) is 11.5 Å². The number of nitrogens with two attached hydrogens (primary N) is 1. The maximum Gasteiger partial charge on any atom is 0.344 e. The lowest BCUT2D eigenvalue weighted by atomic mass is 10.2. The van der Waals surface area contributed by atoms with E-state index >= 15 is 0 Å². The maximum atomic E-state index is 12.1. The van der Waals surface area contributed by atoms with Crippen LogP contribution in [0.25, 0.3) is 0 Å². The number of carbonyl (C=O) groups is 3. The molecule has 0 bridgehead atoms. The van der Waals surface area contributed by atoms with Crippen LogP contribution in [-0.4, -0.2) is 37.1 Å². The van der Waals surface area contributed by atoms with Crippen molar-refractivity contribution < 1.29 is 28.6 Å². The number of rotatable bonds is 9. The van der Waals surface area contributed by atoms with Crippen molar-refractivity contribution >= 4 is 23.5 Å². The van der Waals surface area contributed by atoms with Crippen molar-refractivity contribution in [3.63, 3.8) is 0 Å². The molecule has 0 aliphatic carbocycles. The summed E-state index contributed by atoms with van der Waals surface area (Å²) in [5.41, 5.74) is 5.93. The van der Waals surface area contributed by atoms with Gasteiger partial charge in [0.25, 0.3) is 5.91 Å². The van der Waals surface area contributed by atoms with E-state index in [0.29, 0.717) is 29.4 Å². The Morgan fingerprint density at radius 1 is 0.964 bits per heavy atom. The van der Waals surface area contributed by atoms with E-state index in [-0.39, 0.29) is 6.61 Å². The fourth-order valence-corrected chi connectivity index (χ4v) is 2.19. The molecule has 2 aromatic rings. The molecule has 0 fully saturated rings. The van der Waals surface area contributed by atoms with Gasteiger partial charge in [-0.1, -0.05) is 0 Å². The van der Waals surface area contributed by atoms with Crippen LogP contribution >= 0.6 is 0 Å². The summed E-state index contributed by atoms with van der Waals surface area (Å²) in [5.74, 6) is -0.576. The first kappa shape index (κ1) is 20.8. The van der Waals surface area contributed by atoms with E-state index < -0.39 is 23.9 Å². The minimum absolute atomic E-state index is 0.323. The van der Waals surface area contributed by atoms with Crippen LogP contribution < -0.4 is 20.5 Å². The quantitative estimate of drug-likeness (QED) is 0.638. The summed E-state index contributed by atoms with van der Waals surface area (Å²) < 4.78 is 15.7. The summed E-state index contributed by atoms with van der Waals surface area (Å²) in [4.78, 5) is 35.0. The maximum absolute atomic E-state index is 12.1. The van der Waals surface area contributed by atoms with E-state index in [9.17, 15) is 14.4 Å². The van der Waals surface area contributed by atoms with Gasteiger partial charge in [0.2, 0.25) is 5.91 Å². The van der Waals surface area contributed by atoms with Gasteiger partial charge in [-0.25, -0.2) is 4.79 Å². The van der Waals surface area contributed by atoms with E-state index in [0.717, 1.165) is 0 Å². The van der Waals surface area contributed by atoms with Crippen LogP contribution in [0.3, 0.4) is 0 Å². The zero-order chi connectivity index (χ0) is 20.5. The second kappa shape index (κ2) is 9.96. The number of benzene rings is 2. The topological polar surface area (TPSA) is 117 Å². The van der Waals surface area contributed by atoms with Crippen molar-refractivity contribution in [1.82, 2.24) is 0 Å². The first-order valence-corrected chi connectivity index (χ1v) is 8.65. The summed E-state index contributed by atoms with van der Waals surface area (Å²) in [6, 6.07) is 12.8. The molecule has 8 heteroatoms. The highest BCUT2D eigenvalue weighted by Crippen LogP contribution is 2.17. The van der Waals surface area contributed by atoms with Crippen molar-refractivity contribution in [1.29, 1.82) is 0 Å². The first-order chi connectivity index (χ1) is 13.4. The second-order valence-electron chi connectivity index (χ2n) is 5.76. The third kappa shape index (κ3) is 6.31. The molecule has 0 aliphatic rings. The molecule has 3 N–H and O–H groups in total. The standard InChI is InChI=1S/C20H22N2O6/c1-3-26-16-8-10-17(11-9-16)27-12-18(23)28-13(2)20(25)22-15-6-4-14(5-7-15)19(21)24/h4-11,13H,3,12H2,1-2H3,(H2,21,24)(H,22,25)/t13-/m0/s1. The molecule has 28 heavy (non-hydrogen) atoms. The van der Waals surface area contributed by atoms with E-state index in [1.54, 1.807) is 24.3 Å². The molecule has 2 rings (SSSR count). The third-order valence-electron chi connectivity index (χ3n) is 3.61. The summed E-state index contributed by atoms with van der Waals surface area (Å²) in [5, 5.41) is 2.58. The van der Waals surface area contributed by atoms with Gasteiger partial charge in [-0.15, -0.1) is 0 Å². The normalized spacial score (nSPS) is 11.2. The molecule has 1 atom stereocenters. The second-order valence-corrected chi connectivity index (χ2v) is 5.76. The molecule has 0 heterocycles. The Kier molecular flexibility index (Phi) is 7.38. The molecule has 2 aromatic carbocycles. The first-order valence-electron chi connectivity index (χ1n) is 8.65. The molecule has 8 nitrogen and oxygen atoms in total. The summed E-state index contributed by atoms with van der Waals surface area (Å²) in [6.07, 6.45) is -1.02. The Morgan fingerprint density at radius 3 is 2.07 bits per heavy atom. The number of amides is 2. The van der Waals surface area contributed by atoms with Crippen LogP contribution in [0.5, 0.6) is 11.5 Å². The van der Waals surface area contributed by atoms with Crippen LogP contribution in [0, 0.1) is 0 Å². The Labute approximate surface area is 162 Å². The molecule has 148 valence electrons. The van der Waals surface area contributed by atoms with Crippen molar-refractivity contribution in [2.75, 3.05) is 18.5 Å². The fourth-order valence-electron chi connectivity index (χ4n) is 2.19. The van der Waals surface area contributed by atoms with Crippen LogP contribution in [0.1, 0.15) is 24.2 Å². The smallest absolute Gasteiger partial charge is 0.344 e. The predicted molar refractivity (Wildman–Crippen MR) is 102 cm³/mol. The minimum atomic E-state index is -1.02. The highest BCUT2D eigenvalue weighted by Gasteiger charge is 2.18. The number of nitrogens with one attached hydrogen (secondary N) is 1. The highest BCUT2D eigenvalue weighted by molar-refractivity contribution is 5.96. The van der Waals surface area contributed by atoms with Gasteiger partial charge in [0.05, 0.1) is 6.61 Å². The summed E-state index contributed by atoms with van der Waals surface area (Å²) >= 11 is 0. The molecule has 0 radical (unpaired) electrons.